The van der Waals surface area contributed by atoms with Crippen molar-refractivity contribution in [2.24, 2.45) is 0 Å². The van der Waals surface area contributed by atoms with E-state index in [0.717, 1.165) is 16.7 Å². The molecular weight excluding hydrogens is 202 g/mol. The molecule has 3 nitrogen and oxygen atoms in total. The normalized spacial score (nSPS) is 9.62. The van der Waals surface area contributed by atoms with Crippen LogP contribution >= 0.6 is 0 Å². The number of hydrogen-bond donors (Lipinski definition) is 0. The third-order valence-corrected chi connectivity index (χ3v) is 2.26. The quantitative estimate of drug-likeness (QED) is 0.577. The van der Waals surface area contributed by atoms with Crippen molar-refractivity contribution in [2.75, 3.05) is 0 Å². The van der Waals surface area contributed by atoms with Crippen molar-refractivity contribution in [2.45, 2.75) is 33.6 Å². The number of rotatable bonds is 3. The van der Waals surface area contributed by atoms with Gasteiger partial charge in [0.15, 0.2) is 0 Å². The molecule has 1 rings (SSSR count). The molecule has 3 heteroatoms. The Labute approximate surface area is 95.7 Å². The highest BCUT2D eigenvalue weighted by atomic mass is 16.5. The summed E-state index contributed by atoms with van der Waals surface area (Å²) in [4.78, 5) is 11.4. The lowest BCUT2D eigenvalue weighted by molar-refractivity contribution is -0.134. The summed E-state index contributed by atoms with van der Waals surface area (Å²) in [7, 11) is 0. The number of aryl methyl sites for hydroxylation is 3. The van der Waals surface area contributed by atoms with Crippen LogP contribution in [0.15, 0.2) is 12.1 Å². The molecule has 0 amide bonds. The van der Waals surface area contributed by atoms with E-state index in [2.05, 4.69) is 0 Å². The average Bonchev–Trinajstić information content (AvgIpc) is 2.20. The summed E-state index contributed by atoms with van der Waals surface area (Å²) < 4.78 is 5.24. The van der Waals surface area contributed by atoms with Crippen LogP contribution in [0, 0.1) is 32.1 Å². The first-order valence-electron chi connectivity index (χ1n) is 5.20. The van der Waals surface area contributed by atoms with E-state index in [-0.39, 0.29) is 18.8 Å². The molecule has 0 atom stereocenters. The highest BCUT2D eigenvalue weighted by molar-refractivity contribution is 5.73. The summed E-state index contributed by atoms with van der Waals surface area (Å²) in [6.45, 7) is 5.82. The van der Waals surface area contributed by atoms with Crippen molar-refractivity contribution >= 4 is 5.97 Å². The molecule has 0 spiro atoms. The summed E-state index contributed by atoms with van der Waals surface area (Å²) in [5.74, 6) is 0.269. The Hall–Kier alpha value is -1.82. The lowest BCUT2D eigenvalue weighted by Crippen LogP contribution is -2.09. The number of hydrogen-bond acceptors (Lipinski definition) is 3. The molecule has 0 N–H and O–H groups in total. The van der Waals surface area contributed by atoms with Gasteiger partial charge in [0.25, 0.3) is 0 Å². The highest BCUT2D eigenvalue weighted by Gasteiger charge is 2.10. The Kier molecular flexibility index (Phi) is 4.07. The van der Waals surface area contributed by atoms with Gasteiger partial charge >= 0.3 is 5.97 Å². The van der Waals surface area contributed by atoms with Gasteiger partial charge in [-0.1, -0.05) is 17.7 Å². The lowest BCUT2D eigenvalue weighted by atomic mass is 10.1. The fourth-order valence-electron chi connectivity index (χ4n) is 1.65. The van der Waals surface area contributed by atoms with Crippen LogP contribution in [0.4, 0.5) is 0 Å². The molecule has 0 aliphatic carbocycles. The Balaban J connectivity index is 2.82. The van der Waals surface area contributed by atoms with Gasteiger partial charge in [-0.2, -0.15) is 5.26 Å². The zero-order valence-corrected chi connectivity index (χ0v) is 9.83. The van der Waals surface area contributed by atoms with Crippen LogP contribution in [-0.2, 0) is 4.79 Å². The zero-order chi connectivity index (χ0) is 12.1. The predicted octanol–water partition coefficient (Wildman–Crippen LogP) is 2.82. The average molecular weight is 217 g/mol. The van der Waals surface area contributed by atoms with Crippen LogP contribution in [-0.4, -0.2) is 5.97 Å². The van der Waals surface area contributed by atoms with E-state index in [4.69, 9.17) is 10.00 Å². The van der Waals surface area contributed by atoms with Gasteiger partial charge in [-0.05, 0) is 31.9 Å². The van der Waals surface area contributed by atoms with Crippen LogP contribution in [0.2, 0.25) is 0 Å². The van der Waals surface area contributed by atoms with E-state index in [9.17, 15) is 4.79 Å². The lowest BCUT2D eigenvalue weighted by Gasteiger charge is -2.10. The fourth-order valence-corrected chi connectivity index (χ4v) is 1.65. The molecule has 0 unspecified atom stereocenters. The van der Waals surface area contributed by atoms with Crippen molar-refractivity contribution in [1.82, 2.24) is 0 Å². The molecule has 16 heavy (non-hydrogen) atoms. The largest absolute Gasteiger partial charge is 0.426 e. The van der Waals surface area contributed by atoms with Gasteiger partial charge in [-0.25, -0.2) is 0 Å². The predicted molar refractivity (Wildman–Crippen MR) is 61.1 cm³/mol. The maximum atomic E-state index is 11.4. The van der Waals surface area contributed by atoms with Crippen LogP contribution in [0.25, 0.3) is 0 Å². The third kappa shape index (κ3) is 3.09. The van der Waals surface area contributed by atoms with Crippen LogP contribution in [0.3, 0.4) is 0 Å². The molecule has 0 saturated heterocycles. The van der Waals surface area contributed by atoms with Crippen molar-refractivity contribution in [3.63, 3.8) is 0 Å². The zero-order valence-electron chi connectivity index (χ0n) is 9.83. The number of carbonyl (C=O) groups is 1. The number of esters is 1. The SMILES string of the molecule is Cc1cc(C)c(OC(=O)CCC#N)c(C)c1. The smallest absolute Gasteiger partial charge is 0.312 e. The maximum absolute atomic E-state index is 11.4. The van der Waals surface area contributed by atoms with Crippen molar-refractivity contribution in [3.8, 4) is 11.8 Å². The van der Waals surface area contributed by atoms with Gasteiger partial charge in [0.1, 0.15) is 5.75 Å². The van der Waals surface area contributed by atoms with Crippen LogP contribution in [0.5, 0.6) is 5.75 Å². The number of ether oxygens (including phenoxy) is 1. The molecule has 84 valence electrons. The third-order valence-electron chi connectivity index (χ3n) is 2.26. The summed E-state index contributed by atoms with van der Waals surface area (Å²) >= 11 is 0. The van der Waals surface area contributed by atoms with Gasteiger partial charge in [0.2, 0.25) is 0 Å². The molecule has 0 radical (unpaired) electrons. The fraction of sp³-hybridized carbons (Fsp3) is 0.385. The summed E-state index contributed by atoms with van der Waals surface area (Å²) in [6.07, 6.45) is 0.339. The topological polar surface area (TPSA) is 50.1 Å². The minimum Gasteiger partial charge on any atom is -0.426 e. The molecule has 1 aromatic carbocycles. The van der Waals surface area contributed by atoms with Gasteiger partial charge in [0.05, 0.1) is 12.5 Å². The second-order valence-corrected chi connectivity index (χ2v) is 3.86. The Morgan fingerprint density at radius 2 is 1.88 bits per heavy atom. The summed E-state index contributed by atoms with van der Waals surface area (Å²) in [6, 6.07) is 5.87. The van der Waals surface area contributed by atoms with Gasteiger partial charge in [-0.15, -0.1) is 0 Å². The van der Waals surface area contributed by atoms with Crippen LogP contribution < -0.4 is 4.74 Å². The standard InChI is InChI=1S/C13H15NO2/c1-9-7-10(2)13(11(3)8-9)16-12(15)5-4-6-14/h7-8H,4-5H2,1-3H3. The van der Waals surface area contributed by atoms with E-state index in [0.29, 0.717) is 5.75 Å². The van der Waals surface area contributed by atoms with Gasteiger partial charge in [0, 0.05) is 6.42 Å². The van der Waals surface area contributed by atoms with E-state index in [1.165, 1.54) is 0 Å². The molecule has 0 fully saturated rings. The first-order valence-corrected chi connectivity index (χ1v) is 5.20. The van der Waals surface area contributed by atoms with E-state index in [1.807, 2.05) is 39.0 Å². The summed E-state index contributed by atoms with van der Waals surface area (Å²) in [5.41, 5.74) is 3.04. The molecule has 1 aromatic rings. The number of nitrogens with zero attached hydrogens (tertiary/aromatic N) is 1. The first kappa shape index (κ1) is 12.3. The monoisotopic (exact) mass is 217 g/mol. The minimum atomic E-state index is -0.350. The summed E-state index contributed by atoms with van der Waals surface area (Å²) in [5, 5.41) is 8.37. The molecule has 0 aliphatic heterocycles. The Morgan fingerprint density at radius 1 is 1.31 bits per heavy atom. The van der Waals surface area contributed by atoms with Gasteiger partial charge in [-0.3, -0.25) is 4.79 Å². The second kappa shape index (κ2) is 5.32. The maximum Gasteiger partial charge on any atom is 0.312 e. The minimum absolute atomic E-state index is 0.142. The van der Waals surface area contributed by atoms with E-state index >= 15 is 0 Å². The molecule has 0 heterocycles. The molecular formula is C13H15NO2. The molecule has 0 aliphatic rings. The Morgan fingerprint density at radius 3 is 2.38 bits per heavy atom. The van der Waals surface area contributed by atoms with E-state index < -0.39 is 0 Å². The van der Waals surface area contributed by atoms with E-state index in [1.54, 1.807) is 0 Å². The van der Waals surface area contributed by atoms with Gasteiger partial charge < -0.3 is 4.74 Å². The van der Waals surface area contributed by atoms with Crippen molar-refractivity contribution < 1.29 is 9.53 Å². The Bertz CT molecular complexity index is 421. The number of carbonyl (C=O) groups excluding carboxylic acids is 1. The van der Waals surface area contributed by atoms with Crippen LogP contribution in [0.1, 0.15) is 29.5 Å². The highest BCUT2D eigenvalue weighted by Crippen LogP contribution is 2.24. The second-order valence-electron chi connectivity index (χ2n) is 3.86. The molecule has 0 aromatic heterocycles. The molecule has 0 bridgehead atoms. The molecule has 0 saturated carbocycles. The number of nitriles is 1. The number of benzene rings is 1. The van der Waals surface area contributed by atoms with Crippen molar-refractivity contribution in [1.29, 1.82) is 5.26 Å². The van der Waals surface area contributed by atoms with Crippen molar-refractivity contribution in [3.05, 3.63) is 28.8 Å². The first-order chi connectivity index (χ1) is 7.54.